The van der Waals surface area contributed by atoms with Gasteiger partial charge in [0.2, 0.25) is 10.0 Å². The van der Waals surface area contributed by atoms with E-state index in [2.05, 4.69) is 40.7 Å². The van der Waals surface area contributed by atoms with Gasteiger partial charge in [0, 0.05) is 25.5 Å². The summed E-state index contributed by atoms with van der Waals surface area (Å²) in [5.41, 5.74) is 1.67. The smallest absolute Gasteiger partial charge is 0.243 e. The molecule has 0 saturated heterocycles. The van der Waals surface area contributed by atoms with Crippen molar-refractivity contribution < 1.29 is 8.42 Å². The van der Waals surface area contributed by atoms with Crippen LogP contribution in [0.1, 0.15) is 38.8 Å². The molecule has 8 heteroatoms. The molecule has 0 radical (unpaired) electrons. The number of sulfonamides is 1. The fraction of sp³-hybridized carbons (Fsp3) is 0.389. The Morgan fingerprint density at radius 1 is 1.15 bits per heavy atom. The molecule has 1 N–H and O–H groups in total. The molecule has 3 aromatic rings. The number of hydrogen-bond donors (Lipinski definition) is 1. The maximum Gasteiger partial charge on any atom is 0.243 e. The number of pyridine rings is 1. The standard InChI is InChI=1S/C18H23N5O2S/c1-18(2,3)11-15(13-7-6-10-19-12-13)22-26(24,25)16-9-5-8-14-17(16)21-23(4)20-14/h5-10,12,15,22H,11H2,1-4H3. The van der Waals surface area contributed by atoms with Crippen molar-refractivity contribution in [2.75, 3.05) is 0 Å². The third kappa shape index (κ3) is 4.08. The van der Waals surface area contributed by atoms with E-state index in [1.165, 1.54) is 4.80 Å². The summed E-state index contributed by atoms with van der Waals surface area (Å²) in [6, 6.07) is 8.28. The van der Waals surface area contributed by atoms with Crippen LogP contribution >= 0.6 is 0 Å². The summed E-state index contributed by atoms with van der Waals surface area (Å²) in [5.74, 6) is 0. The molecule has 7 nitrogen and oxygen atoms in total. The van der Waals surface area contributed by atoms with Crippen molar-refractivity contribution in [2.45, 2.75) is 38.1 Å². The van der Waals surface area contributed by atoms with Crippen LogP contribution in [0.25, 0.3) is 11.0 Å². The Labute approximate surface area is 153 Å². The first kappa shape index (κ1) is 18.5. The third-order valence-corrected chi connectivity index (χ3v) is 5.47. The number of aryl methyl sites for hydroxylation is 1. The van der Waals surface area contributed by atoms with E-state index < -0.39 is 10.0 Å². The average molecular weight is 373 g/mol. The highest BCUT2D eigenvalue weighted by Gasteiger charge is 2.28. The van der Waals surface area contributed by atoms with Gasteiger partial charge in [0.15, 0.2) is 0 Å². The molecule has 1 aromatic carbocycles. The van der Waals surface area contributed by atoms with Crippen molar-refractivity contribution in [3.05, 3.63) is 48.3 Å². The summed E-state index contributed by atoms with van der Waals surface area (Å²) in [4.78, 5) is 5.63. The molecule has 3 rings (SSSR count). The van der Waals surface area contributed by atoms with Crippen LogP contribution in [-0.2, 0) is 17.1 Å². The Morgan fingerprint density at radius 2 is 1.92 bits per heavy atom. The zero-order chi connectivity index (χ0) is 18.9. The van der Waals surface area contributed by atoms with E-state index in [1.54, 1.807) is 37.6 Å². The Balaban J connectivity index is 2.01. The number of nitrogens with one attached hydrogen (secondary N) is 1. The first-order valence-corrected chi connectivity index (χ1v) is 9.86. The van der Waals surface area contributed by atoms with Crippen molar-refractivity contribution in [1.82, 2.24) is 24.7 Å². The number of rotatable bonds is 5. The van der Waals surface area contributed by atoms with Gasteiger partial charge in [-0.15, -0.1) is 0 Å². The van der Waals surface area contributed by atoms with E-state index >= 15 is 0 Å². The first-order valence-electron chi connectivity index (χ1n) is 8.38. The van der Waals surface area contributed by atoms with Crippen LogP contribution in [0.3, 0.4) is 0 Å². The summed E-state index contributed by atoms with van der Waals surface area (Å²) in [5, 5.41) is 8.40. The predicted molar refractivity (Wildman–Crippen MR) is 99.9 cm³/mol. The maximum absolute atomic E-state index is 13.1. The highest BCUT2D eigenvalue weighted by molar-refractivity contribution is 7.89. The second-order valence-electron chi connectivity index (χ2n) is 7.54. The van der Waals surface area contributed by atoms with Gasteiger partial charge in [-0.1, -0.05) is 32.9 Å². The fourth-order valence-electron chi connectivity index (χ4n) is 2.90. The van der Waals surface area contributed by atoms with E-state index in [0.717, 1.165) is 5.56 Å². The van der Waals surface area contributed by atoms with Crippen molar-refractivity contribution in [2.24, 2.45) is 12.5 Å². The Bertz CT molecular complexity index is 1010. The zero-order valence-corrected chi connectivity index (χ0v) is 16.2. The van der Waals surface area contributed by atoms with Gasteiger partial charge in [0.1, 0.15) is 15.9 Å². The second kappa shape index (κ2) is 6.77. The monoisotopic (exact) mass is 373 g/mol. The second-order valence-corrected chi connectivity index (χ2v) is 9.22. The van der Waals surface area contributed by atoms with Crippen molar-refractivity contribution in [1.29, 1.82) is 0 Å². The molecule has 0 amide bonds. The molecule has 0 bridgehead atoms. The molecular formula is C18H23N5O2S. The molecular weight excluding hydrogens is 350 g/mol. The van der Waals surface area contributed by atoms with Crippen LogP contribution in [0.5, 0.6) is 0 Å². The number of aromatic nitrogens is 4. The summed E-state index contributed by atoms with van der Waals surface area (Å²) >= 11 is 0. The van der Waals surface area contributed by atoms with E-state index in [0.29, 0.717) is 17.5 Å². The highest BCUT2D eigenvalue weighted by atomic mass is 32.2. The highest BCUT2D eigenvalue weighted by Crippen LogP contribution is 2.31. The molecule has 0 fully saturated rings. The lowest BCUT2D eigenvalue weighted by Gasteiger charge is -2.27. The molecule has 0 spiro atoms. The van der Waals surface area contributed by atoms with Gasteiger partial charge >= 0.3 is 0 Å². The number of hydrogen-bond acceptors (Lipinski definition) is 5. The minimum absolute atomic E-state index is 0.0679. The first-order chi connectivity index (χ1) is 12.2. The molecule has 0 aliphatic rings. The van der Waals surface area contributed by atoms with Crippen LogP contribution in [0, 0.1) is 5.41 Å². The van der Waals surface area contributed by atoms with Gasteiger partial charge in [-0.2, -0.15) is 15.0 Å². The topological polar surface area (TPSA) is 89.8 Å². The van der Waals surface area contributed by atoms with Gasteiger partial charge in [0.25, 0.3) is 0 Å². The molecule has 138 valence electrons. The van der Waals surface area contributed by atoms with E-state index in [9.17, 15) is 8.42 Å². The molecule has 1 unspecified atom stereocenters. The fourth-order valence-corrected chi connectivity index (χ4v) is 4.28. The van der Waals surface area contributed by atoms with Gasteiger partial charge in [-0.25, -0.2) is 13.1 Å². The van der Waals surface area contributed by atoms with Gasteiger partial charge < -0.3 is 0 Å². The minimum Gasteiger partial charge on any atom is -0.264 e. The number of nitrogens with zero attached hydrogens (tertiary/aromatic N) is 4. The molecule has 0 saturated carbocycles. The maximum atomic E-state index is 13.1. The van der Waals surface area contributed by atoms with Crippen molar-refractivity contribution >= 4 is 21.1 Å². The molecule has 0 aliphatic carbocycles. The van der Waals surface area contributed by atoms with Crippen molar-refractivity contribution in [3.8, 4) is 0 Å². The minimum atomic E-state index is -3.79. The summed E-state index contributed by atoms with van der Waals surface area (Å²) in [6.07, 6.45) is 4.00. The summed E-state index contributed by atoms with van der Waals surface area (Å²) in [7, 11) is -2.12. The Morgan fingerprint density at radius 3 is 2.58 bits per heavy atom. The third-order valence-electron chi connectivity index (χ3n) is 3.97. The number of fused-ring (bicyclic) bond motifs is 1. The summed E-state index contributed by atoms with van der Waals surface area (Å²) in [6.45, 7) is 6.23. The molecule has 1 atom stereocenters. The lowest BCUT2D eigenvalue weighted by Crippen LogP contribution is -2.31. The molecule has 2 aromatic heterocycles. The van der Waals surface area contributed by atoms with E-state index in [1.807, 2.05) is 12.1 Å². The molecule has 26 heavy (non-hydrogen) atoms. The average Bonchev–Trinajstić information content (AvgIpc) is 2.93. The van der Waals surface area contributed by atoms with Crippen LogP contribution in [0.4, 0.5) is 0 Å². The predicted octanol–water partition coefficient (Wildman–Crippen LogP) is 2.82. The van der Waals surface area contributed by atoms with Gasteiger partial charge in [0.05, 0.1) is 0 Å². The summed E-state index contributed by atoms with van der Waals surface area (Å²) < 4.78 is 29.1. The van der Waals surface area contributed by atoms with Crippen molar-refractivity contribution in [3.63, 3.8) is 0 Å². The lowest BCUT2D eigenvalue weighted by molar-refractivity contribution is 0.330. The van der Waals surface area contributed by atoms with Crippen LogP contribution in [-0.4, -0.2) is 28.4 Å². The van der Waals surface area contributed by atoms with Crippen LogP contribution in [0.15, 0.2) is 47.6 Å². The van der Waals surface area contributed by atoms with Crippen LogP contribution in [0.2, 0.25) is 0 Å². The quantitative estimate of drug-likeness (QED) is 0.743. The van der Waals surface area contributed by atoms with E-state index in [-0.39, 0.29) is 16.4 Å². The largest absolute Gasteiger partial charge is 0.264 e. The van der Waals surface area contributed by atoms with E-state index in [4.69, 9.17) is 0 Å². The van der Waals surface area contributed by atoms with Gasteiger partial charge in [-0.05, 0) is 35.6 Å². The SMILES string of the molecule is Cn1nc2cccc(S(=O)(=O)NC(CC(C)(C)C)c3cccnc3)c2n1. The molecule has 0 aliphatic heterocycles. The normalized spacial score (nSPS) is 13.8. The molecule has 2 heterocycles. The lowest BCUT2D eigenvalue weighted by atomic mass is 9.86. The zero-order valence-electron chi connectivity index (χ0n) is 15.3. The van der Waals surface area contributed by atoms with Crippen LogP contribution < -0.4 is 4.72 Å². The number of benzene rings is 1. The Kier molecular flexibility index (Phi) is 4.81. The Hall–Kier alpha value is -2.32. The van der Waals surface area contributed by atoms with Gasteiger partial charge in [-0.3, -0.25) is 4.98 Å².